The Morgan fingerprint density at radius 3 is 2.88 bits per heavy atom. The second kappa shape index (κ2) is 8.14. The Labute approximate surface area is 153 Å². The Morgan fingerprint density at radius 1 is 1.35 bits per heavy atom. The van der Waals surface area contributed by atoms with Gasteiger partial charge < -0.3 is 19.7 Å². The van der Waals surface area contributed by atoms with E-state index < -0.39 is 0 Å². The number of aromatic nitrogens is 2. The molecule has 2 heterocycles. The zero-order chi connectivity index (χ0) is 18.5. The summed E-state index contributed by atoms with van der Waals surface area (Å²) < 4.78 is 1.92. The van der Waals surface area contributed by atoms with Gasteiger partial charge in [0.05, 0.1) is 17.9 Å². The van der Waals surface area contributed by atoms with Gasteiger partial charge in [0.2, 0.25) is 11.8 Å². The third-order valence-corrected chi connectivity index (χ3v) is 4.63. The minimum absolute atomic E-state index is 0.0609. The highest BCUT2D eigenvalue weighted by Gasteiger charge is 2.33. The zero-order valence-corrected chi connectivity index (χ0v) is 15.3. The molecule has 1 aliphatic rings. The van der Waals surface area contributed by atoms with Crippen LogP contribution in [0.5, 0.6) is 0 Å². The molecule has 0 saturated carbocycles. The number of para-hydroxylation sites is 1. The summed E-state index contributed by atoms with van der Waals surface area (Å²) in [5.74, 6) is -0.276. The fraction of sp³-hybridized carbons (Fsp3) is 0.421. The minimum Gasteiger partial charge on any atom is -0.352 e. The molecule has 7 nitrogen and oxygen atoms in total. The van der Waals surface area contributed by atoms with Crippen LogP contribution in [0.25, 0.3) is 5.69 Å². The number of hydrogen-bond donors (Lipinski definition) is 1. The normalized spacial score (nSPS) is 17.1. The van der Waals surface area contributed by atoms with Crippen molar-refractivity contribution >= 4 is 11.8 Å². The van der Waals surface area contributed by atoms with Gasteiger partial charge in [0, 0.05) is 45.0 Å². The van der Waals surface area contributed by atoms with Crippen LogP contribution >= 0.6 is 0 Å². The molecule has 26 heavy (non-hydrogen) atoms. The summed E-state index contributed by atoms with van der Waals surface area (Å²) in [6.07, 6.45) is 5.63. The predicted molar refractivity (Wildman–Crippen MR) is 98.7 cm³/mol. The Morgan fingerprint density at radius 2 is 2.15 bits per heavy atom. The summed E-state index contributed by atoms with van der Waals surface area (Å²) in [7, 11) is 3.95. The number of amides is 2. The summed E-state index contributed by atoms with van der Waals surface area (Å²) in [6, 6.07) is 7.88. The molecule has 0 spiro atoms. The van der Waals surface area contributed by atoms with Crippen LogP contribution in [0.3, 0.4) is 0 Å². The van der Waals surface area contributed by atoms with Crippen molar-refractivity contribution in [3.05, 3.63) is 48.5 Å². The van der Waals surface area contributed by atoms with Crippen LogP contribution in [0.2, 0.25) is 0 Å². The van der Waals surface area contributed by atoms with Crippen molar-refractivity contribution in [2.75, 3.05) is 33.7 Å². The lowest BCUT2D eigenvalue weighted by atomic mass is 10.1. The number of hydrogen-bond acceptors (Lipinski definition) is 4. The molecule has 0 radical (unpaired) electrons. The molecule has 1 aliphatic heterocycles. The van der Waals surface area contributed by atoms with Gasteiger partial charge >= 0.3 is 0 Å². The number of likely N-dealkylation sites (N-methyl/N-ethyl adjacent to an activating group) is 1. The van der Waals surface area contributed by atoms with Gasteiger partial charge in [-0.15, -0.1) is 0 Å². The number of nitrogens with one attached hydrogen (secondary N) is 1. The van der Waals surface area contributed by atoms with Gasteiger partial charge in [0.25, 0.3) is 0 Å². The fourth-order valence-electron chi connectivity index (χ4n) is 3.13. The Bertz CT molecular complexity index is 757. The van der Waals surface area contributed by atoms with Crippen molar-refractivity contribution in [1.29, 1.82) is 0 Å². The molecule has 2 amide bonds. The maximum Gasteiger partial charge on any atom is 0.225 e. The summed E-state index contributed by atoms with van der Waals surface area (Å²) in [5.41, 5.74) is 1.99. The van der Waals surface area contributed by atoms with E-state index in [1.54, 1.807) is 17.4 Å². The average molecular weight is 355 g/mol. The van der Waals surface area contributed by atoms with E-state index in [-0.39, 0.29) is 17.7 Å². The quantitative estimate of drug-likeness (QED) is 0.801. The highest BCUT2D eigenvalue weighted by molar-refractivity contribution is 5.89. The third kappa shape index (κ3) is 4.29. The highest BCUT2D eigenvalue weighted by atomic mass is 16.2. The lowest BCUT2D eigenvalue weighted by Crippen LogP contribution is -2.35. The molecule has 0 aliphatic carbocycles. The molecule has 3 rings (SSSR count). The maximum atomic E-state index is 12.5. The molecule has 7 heteroatoms. The second-order valence-electron chi connectivity index (χ2n) is 6.86. The number of rotatable bonds is 7. The van der Waals surface area contributed by atoms with Gasteiger partial charge in [-0.25, -0.2) is 4.98 Å². The lowest BCUT2D eigenvalue weighted by Gasteiger charge is -2.19. The summed E-state index contributed by atoms with van der Waals surface area (Å²) in [6.45, 7) is 2.40. The molecule has 1 saturated heterocycles. The third-order valence-electron chi connectivity index (χ3n) is 4.63. The molecular weight excluding hydrogens is 330 g/mol. The van der Waals surface area contributed by atoms with Gasteiger partial charge in [0.1, 0.15) is 0 Å². The molecule has 0 bridgehead atoms. The monoisotopic (exact) mass is 355 g/mol. The molecule has 1 aromatic heterocycles. The van der Waals surface area contributed by atoms with E-state index >= 15 is 0 Å². The zero-order valence-electron chi connectivity index (χ0n) is 15.3. The Kier molecular flexibility index (Phi) is 5.68. The number of imidazole rings is 1. The van der Waals surface area contributed by atoms with E-state index in [1.807, 2.05) is 54.0 Å². The van der Waals surface area contributed by atoms with Crippen LogP contribution in [0.1, 0.15) is 12.0 Å². The standard InChI is InChI=1S/C19H25N5O2/c1-22(2)9-10-23-13-16(11-18(23)25)19(26)21-12-15-5-3-4-6-17(15)24-8-7-20-14-24/h3-8,14,16H,9-13H2,1-2H3,(H,21,26). The first kappa shape index (κ1) is 18.1. The lowest BCUT2D eigenvalue weighted by molar-refractivity contribution is -0.129. The van der Waals surface area contributed by atoms with Crippen molar-refractivity contribution in [3.63, 3.8) is 0 Å². The topological polar surface area (TPSA) is 70.5 Å². The molecule has 1 atom stereocenters. The van der Waals surface area contributed by atoms with Crippen molar-refractivity contribution in [3.8, 4) is 5.69 Å². The van der Waals surface area contributed by atoms with E-state index in [0.717, 1.165) is 17.8 Å². The highest BCUT2D eigenvalue weighted by Crippen LogP contribution is 2.19. The fourth-order valence-corrected chi connectivity index (χ4v) is 3.13. The predicted octanol–water partition coefficient (Wildman–Crippen LogP) is 0.899. The van der Waals surface area contributed by atoms with Crippen LogP contribution in [0, 0.1) is 5.92 Å². The molecule has 1 unspecified atom stereocenters. The van der Waals surface area contributed by atoms with Crippen molar-refractivity contribution in [2.45, 2.75) is 13.0 Å². The van der Waals surface area contributed by atoms with E-state index in [9.17, 15) is 9.59 Å². The van der Waals surface area contributed by atoms with E-state index in [4.69, 9.17) is 0 Å². The van der Waals surface area contributed by atoms with Crippen LogP contribution < -0.4 is 5.32 Å². The van der Waals surface area contributed by atoms with Crippen molar-refractivity contribution < 1.29 is 9.59 Å². The van der Waals surface area contributed by atoms with Gasteiger partial charge in [-0.05, 0) is 25.7 Å². The van der Waals surface area contributed by atoms with Crippen LogP contribution in [0.15, 0.2) is 43.0 Å². The van der Waals surface area contributed by atoms with Crippen molar-refractivity contribution in [2.24, 2.45) is 5.92 Å². The minimum atomic E-state index is -0.273. The van der Waals surface area contributed by atoms with Gasteiger partial charge in [0.15, 0.2) is 0 Å². The summed E-state index contributed by atoms with van der Waals surface area (Å²) in [4.78, 5) is 32.5. The van der Waals surface area contributed by atoms with Crippen molar-refractivity contribution in [1.82, 2.24) is 24.7 Å². The van der Waals surface area contributed by atoms with Gasteiger partial charge in [-0.1, -0.05) is 18.2 Å². The summed E-state index contributed by atoms with van der Waals surface area (Å²) in [5, 5.41) is 2.99. The Balaban J connectivity index is 1.58. The number of carbonyl (C=O) groups excluding carboxylic acids is 2. The molecule has 1 N–H and O–H groups in total. The van der Waals surface area contributed by atoms with E-state index in [0.29, 0.717) is 26.1 Å². The van der Waals surface area contributed by atoms with Crippen LogP contribution in [0.4, 0.5) is 0 Å². The number of likely N-dealkylation sites (tertiary alicyclic amines) is 1. The SMILES string of the molecule is CN(C)CCN1CC(C(=O)NCc2ccccc2-n2ccnc2)CC1=O. The molecular formula is C19H25N5O2. The molecule has 2 aromatic rings. The molecule has 1 fully saturated rings. The number of nitrogens with zero attached hydrogens (tertiary/aromatic N) is 4. The first-order valence-corrected chi connectivity index (χ1v) is 8.81. The van der Waals surface area contributed by atoms with E-state index in [1.165, 1.54) is 0 Å². The molecule has 138 valence electrons. The average Bonchev–Trinajstić information content (AvgIpc) is 3.28. The smallest absolute Gasteiger partial charge is 0.225 e. The van der Waals surface area contributed by atoms with Gasteiger partial charge in [-0.3, -0.25) is 9.59 Å². The number of carbonyl (C=O) groups is 2. The van der Waals surface area contributed by atoms with E-state index in [2.05, 4.69) is 10.3 Å². The largest absolute Gasteiger partial charge is 0.352 e. The first-order valence-electron chi connectivity index (χ1n) is 8.81. The Hall–Kier alpha value is -2.67. The maximum absolute atomic E-state index is 12.5. The van der Waals surface area contributed by atoms with Crippen LogP contribution in [-0.4, -0.2) is 64.9 Å². The number of benzene rings is 1. The second-order valence-corrected chi connectivity index (χ2v) is 6.86. The van der Waals surface area contributed by atoms with Gasteiger partial charge in [-0.2, -0.15) is 0 Å². The summed E-state index contributed by atoms with van der Waals surface area (Å²) >= 11 is 0. The van der Waals surface area contributed by atoms with Crippen LogP contribution in [-0.2, 0) is 16.1 Å². The first-order chi connectivity index (χ1) is 12.5. The molecule has 1 aromatic carbocycles.